The number of hydrogen-bond donors (Lipinski definition) is 1. The van der Waals surface area contributed by atoms with Crippen molar-refractivity contribution in [2.45, 2.75) is 31.4 Å². The number of carbonyl (C=O) groups is 1. The fraction of sp³-hybridized carbons (Fsp3) is 0.208. The Morgan fingerprint density at radius 3 is 2.13 bits per heavy atom. The predicted molar refractivity (Wildman–Crippen MR) is 122 cm³/mol. The highest BCUT2D eigenvalue weighted by Crippen LogP contribution is 2.20. The molecule has 3 aromatic carbocycles. The Balaban J connectivity index is 1.61. The first-order valence-corrected chi connectivity index (χ1v) is 11.4. The summed E-state index contributed by atoms with van der Waals surface area (Å²) < 4.78 is 32.1. The van der Waals surface area contributed by atoms with Crippen LogP contribution in [-0.4, -0.2) is 31.7 Å². The van der Waals surface area contributed by atoms with Gasteiger partial charge in [0, 0.05) is 24.3 Å². The normalized spacial score (nSPS) is 11.5. The van der Waals surface area contributed by atoms with Crippen LogP contribution in [0.2, 0.25) is 0 Å². The monoisotopic (exact) mass is 438 g/mol. The van der Waals surface area contributed by atoms with Crippen molar-refractivity contribution in [1.82, 2.24) is 4.31 Å². The standard InChI is InChI=1S/C24H26N2O4S/c1-18(2)26(3)31(28,29)23-15-13-21(14-16-23)25-24(27)20-11-9-19(10-12-20)17-30-22-7-5-4-6-8-22/h4-16,18H,17H2,1-3H3,(H,25,27). The van der Waals surface area contributed by atoms with Gasteiger partial charge in [0.2, 0.25) is 10.0 Å². The Kier molecular flexibility index (Phi) is 7.09. The Morgan fingerprint density at radius 1 is 0.935 bits per heavy atom. The van der Waals surface area contributed by atoms with Crippen LogP contribution >= 0.6 is 0 Å². The van der Waals surface area contributed by atoms with Crippen molar-refractivity contribution in [1.29, 1.82) is 0 Å². The van der Waals surface area contributed by atoms with Crippen LogP contribution in [0.4, 0.5) is 5.69 Å². The summed E-state index contributed by atoms with van der Waals surface area (Å²) in [7, 11) is -2.01. The van der Waals surface area contributed by atoms with E-state index < -0.39 is 10.0 Å². The molecule has 0 fully saturated rings. The summed E-state index contributed by atoms with van der Waals surface area (Å²) >= 11 is 0. The summed E-state index contributed by atoms with van der Waals surface area (Å²) in [5.41, 5.74) is 1.97. The van der Waals surface area contributed by atoms with Gasteiger partial charge in [0.25, 0.3) is 5.91 Å². The zero-order chi connectivity index (χ0) is 22.4. The highest BCUT2D eigenvalue weighted by molar-refractivity contribution is 7.89. The number of nitrogens with zero attached hydrogens (tertiary/aromatic N) is 1. The van der Waals surface area contributed by atoms with Gasteiger partial charge in [-0.3, -0.25) is 4.79 Å². The molecule has 0 radical (unpaired) electrons. The quantitative estimate of drug-likeness (QED) is 0.560. The second-order valence-corrected chi connectivity index (χ2v) is 9.39. The second kappa shape index (κ2) is 9.76. The van der Waals surface area contributed by atoms with Gasteiger partial charge in [0.05, 0.1) is 4.90 Å². The molecule has 7 heteroatoms. The largest absolute Gasteiger partial charge is 0.489 e. The molecular formula is C24H26N2O4S. The molecular weight excluding hydrogens is 412 g/mol. The maximum absolute atomic E-state index is 12.5. The van der Waals surface area contributed by atoms with E-state index in [2.05, 4.69) is 5.32 Å². The van der Waals surface area contributed by atoms with Crippen molar-refractivity contribution in [2.24, 2.45) is 0 Å². The molecule has 3 aromatic rings. The lowest BCUT2D eigenvalue weighted by Crippen LogP contribution is -2.33. The Bertz CT molecular complexity index is 1110. The van der Waals surface area contributed by atoms with Crippen LogP contribution in [0.5, 0.6) is 5.75 Å². The summed E-state index contributed by atoms with van der Waals surface area (Å²) in [6, 6.07) is 22.7. The van der Waals surface area contributed by atoms with Gasteiger partial charge in [0.15, 0.2) is 0 Å². The highest BCUT2D eigenvalue weighted by atomic mass is 32.2. The van der Waals surface area contributed by atoms with Crippen LogP contribution in [0.15, 0.2) is 83.8 Å². The summed E-state index contributed by atoms with van der Waals surface area (Å²) in [6.07, 6.45) is 0. The first-order valence-electron chi connectivity index (χ1n) is 9.93. The van der Waals surface area contributed by atoms with E-state index in [0.29, 0.717) is 17.9 Å². The summed E-state index contributed by atoms with van der Waals surface area (Å²) in [5.74, 6) is 0.514. The Hall–Kier alpha value is -3.16. The molecule has 1 N–H and O–H groups in total. The molecule has 162 valence electrons. The molecule has 0 bridgehead atoms. The van der Waals surface area contributed by atoms with Gasteiger partial charge >= 0.3 is 0 Å². The van der Waals surface area contributed by atoms with Crippen molar-refractivity contribution < 1.29 is 17.9 Å². The Morgan fingerprint density at radius 2 is 1.55 bits per heavy atom. The predicted octanol–water partition coefficient (Wildman–Crippen LogP) is 4.55. The number of rotatable bonds is 8. The van der Waals surface area contributed by atoms with E-state index >= 15 is 0 Å². The van der Waals surface area contributed by atoms with Crippen molar-refractivity contribution in [2.75, 3.05) is 12.4 Å². The summed E-state index contributed by atoms with van der Waals surface area (Å²) in [4.78, 5) is 12.7. The molecule has 3 rings (SSSR count). The summed E-state index contributed by atoms with van der Waals surface area (Å²) in [5, 5.41) is 2.79. The fourth-order valence-electron chi connectivity index (χ4n) is 2.79. The fourth-order valence-corrected chi connectivity index (χ4v) is 4.16. The smallest absolute Gasteiger partial charge is 0.255 e. The summed E-state index contributed by atoms with van der Waals surface area (Å²) in [6.45, 7) is 4.03. The molecule has 0 spiro atoms. The number of para-hydroxylation sites is 1. The maximum atomic E-state index is 12.5. The lowest BCUT2D eigenvalue weighted by atomic mass is 10.1. The van der Waals surface area contributed by atoms with Gasteiger partial charge in [-0.25, -0.2) is 8.42 Å². The highest BCUT2D eigenvalue weighted by Gasteiger charge is 2.22. The van der Waals surface area contributed by atoms with E-state index in [1.165, 1.54) is 16.4 Å². The van der Waals surface area contributed by atoms with Crippen LogP contribution in [0.25, 0.3) is 0 Å². The van der Waals surface area contributed by atoms with Crippen LogP contribution in [0.1, 0.15) is 29.8 Å². The number of amides is 1. The van der Waals surface area contributed by atoms with Crippen LogP contribution in [0, 0.1) is 0 Å². The molecule has 0 atom stereocenters. The van der Waals surface area contributed by atoms with E-state index in [9.17, 15) is 13.2 Å². The van der Waals surface area contributed by atoms with E-state index in [1.54, 1.807) is 31.3 Å². The van der Waals surface area contributed by atoms with Gasteiger partial charge < -0.3 is 10.1 Å². The molecule has 31 heavy (non-hydrogen) atoms. The van der Waals surface area contributed by atoms with Gasteiger partial charge in [-0.15, -0.1) is 0 Å². The zero-order valence-electron chi connectivity index (χ0n) is 17.8. The van der Waals surface area contributed by atoms with E-state index in [-0.39, 0.29) is 16.8 Å². The van der Waals surface area contributed by atoms with E-state index in [1.807, 2.05) is 56.3 Å². The van der Waals surface area contributed by atoms with Crippen LogP contribution in [-0.2, 0) is 16.6 Å². The van der Waals surface area contributed by atoms with Crippen molar-refractivity contribution in [3.8, 4) is 5.75 Å². The average Bonchev–Trinajstić information content (AvgIpc) is 2.78. The molecule has 0 aromatic heterocycles. The minimum absolute atomic E-state index is 0.148. The number of carbonyl (C=O) groups excluding carboxylic acids is 1. The number of sulfonamides is 1. The molecule has 0 aliphatic rings. The lowest BCUT2D eigenvalue weighted by molar-refractivity contribution is 0.102. The van der Waals surface area contributed by atoms with Gasteiger partial charge in [0.1, 0.15) is 12.4 Å². The average molecular weight is 439 g/mol. The third-order valence-electron chi connectivity index (χ3n) is 4.88. The van der Waals surface area contributed by atoms with Gasteiger partial charge in [-0.1, -0.05) is 30.3 Å². The molecule has 0 heterocycles. The topological polar surface area (TPSA) is 75.7 Å². The first-order chi connectivity index (χ1) is 14.8. The molecule has 0 aliphatic carbocycles. The van der Waals surface area contributed by atoms with Crippen LogP contribution in [0.3, 0.4) is 0 Å². The molecule has 6 nitrogen and oxygen atoms in total. The van der Waals surface area contributed by atoms with E-state index in [0.717, 1.165) is 11.3 Å². The molecule has 0 saturated carbocycles. The van der Waals surface area contributed by atoms with E-state index in [4.69, 9.17) is 4.74 Å². The number of nitrogens with one attached hydrogen (secondary N) is 1. The second-order valence-electron chi connectivity index (χ2n) is 7.39. The van der Waals surface area contributed by atoms with Gasteiger partial charge in [-0.2, -0.15) is 4.31 Å². The minimum Gasteiger partial charge on any atom is -0.489 e. The van der Waals surface area contributed by atoms with Crippen molar-refractivity contribution >= 4 is 21.6 Å². The van der Waals surface area contributed by atoms with Crippen molar-refractivity contribution in [3.05, 3.63) is 90.0 Å². The molecule has 1 amide bonds. The number of anilines is 1. The number of ether oxygens (including phenoxy) is 1. The van der Waals surface area contributed by atoms with Crippen LogP contribution < -0.4 is 10.1 Å². The SMILES string of the molecule is CC(C)N(C)S(=O)(=O)c1ccc(NC(=O)c2ccc(COc3ccccc3)cc2)cc1. The minimum atomic E-state index is -3.56. The zero-order valence-corrected chi connectivity index (χ0v) is 18.6. The number of hydrogen-bond acceptors (Lipinski definition) is 4. The third kappa shape index (κ3) is 5.71. The third-order valence-corrected chi connectivity index (χ3v) is 6.93. The molecule has 0 unspecified atom stereocenters. The lowest BCUT2D eigenvalue weighted by Gasteiger charge is -2.21. The van der Waals surface area contributed by atoms with Crippen molar-refractivity contribution in [3.63, 3.8) is 0 Å². The maximum Gasteiger partial charge on any atom is 0.255 e. The van der Waals surface area contributed by atoms with Gasteiger partial charge in [-0.05, 0) is 67.9 Å². The molecule has 0 aliphatic heterocycles. The Labute approximate surface area is 183 Å². The number of benzene rings is 3. The molecule has 0 saturated heterocycles. The first kappa shape index (κ1) is 22.5.